The molecule has 8 nitrogen and oxygen atoms in total. The number of aromatic nitrogens is 3. The number of ether oxygens (including phenoxy) is 2. The quantitative estimate of drug-likeness (QED) is 0.670. The van der Waals surface area contributed by atoms with Gasteiger partial charge in [0.25, 0.3) is 5.22 Å². The molecule has 0 saturated carbocycles. The fourth-order valence-electron chi connectivity index (χ4n) is 2.44. The molecule has 0 unspecified atom stereocenters. The minimum atomic E-state index is -0.427. The van der Waals surface area contributed by atoms with Crippen molar-refractivity contribution in [3.63, 3.8) is 0 Å². The molecule has 0 spiro atoms. The van der Waals surface area contributed by atoms with Crippen molar-refractivity contribution in [3.05, 3.63) is 42.7 Å². The van der Waals surface area contributed by atoms with Crippen molar-refractivity contribution in [3.8, 4) is 23.0 Å². The van der Waals surface area contributed by atoms with Crippen molar-refractivity contribution in [2.45, 2.75) is 17.4 Å². The predicted octanol–water partition coefficient (Wildman–Crippen LogP) is 3.02. The van der Waals surface area contributed by atoms with Crippen LogP contribution in [0.3, 0.4) is 0 Å². The molecule has 1 amide bonds. The molecule has 138 valence electrons. The summed E-state index contributed by atoms with van der Waals surface area (Å²) in [5.74, 6) is 1.51. The molecule has 1 aromatic carbocycles. The van der Waals surface area contributed by atoms with Crippen molar-refractivity contribution in [1.82, 2.24) is 15.2 Å². The van der Waals surface area contributed by atoms with Gasteiger partial charge in [-0.05, 0) is 31.2 Å². The molecule has 0 fully saturated rings. The smallest absolute Gasteiger partial charge is 0.277 e. The first-order valence-corrected chi connectivity index (χ1v) is 9.18. The Morgan fingerprint density at radius 1 is 1.11 bits per heavy atom. The Bertz CT molecular complexity index is 948. The molecule has 0 saturated heterocycles. The summed E-state index contributed by atoms with van der Waals surface area (Å²) in [5, 5.41) is 10.7. The number of carbonyl (C=O) groups is 1. The summed E-state index contributed by atoms with van der Waals surface area (Å²) in [6, 6.07) is 8.86. The molecule has 1 aliphatic rings. The van der Waals surface area contributed by atoms with Gasteiger partial charge in [-0.15, -0.1) is 10.2 Å². The third-order valence-electron chi connectivity index (χ3n) is 3.79. The van der Waals surface area contributed by atoms with Crippen LogP contribution in [0.5, 0.6) is 11.5 Å². The van der Waals surface area contributed by atoms with E-state index in [1.165, 1.54) is 11.8 Å². The molecular formula is C18H16N4O4S. The summed E-state index contributed by atoms with van der Waals surface area (Å²) in [7, 11) is 0. The second-order valence-electron chi connectivity index (χ2n) is 5.72. The molecule has 1 N–H and O–H groups in total. The van der Waals surface area contributed by atoms with E-state index < -0.39 is 5.25 Å². The summed E-state index contributed by atoms with van der Waals surface area (Å²) in [6.07, 6.45) is 3.30. The van der Waals surface area contributed by atoms with Crippen LogP contribution in [0.15, 0.2) is 52.4 Å². The Morgan fingerprint density at radius 3 is 2.70 bits per heavy atom. The molecule has 27 heavy (non-hydrogen) atoms. The normalized spacial score (nSPS) is 13.8. The first-order chi connectivity index (χ1) is 13.2. The maximum Gasteiger partial charge on any atom is 0.277 e. The van der Waals surface area contributed by atoms with E-state index in [2.05, 4.69) is 20.5 Å². The fraction of sp³-hybridized carbons (Fsp3) is 0.222. The molecular weight excluding hydrogens is 368 g/mol. The minimum Gasteiger partial charge on any atom is -0.486 e. The number of fused-ring (bicyclic) bond motifs is 1. The number of rotatable bonds is 5. The van der Waals surface area contributed by atoms with Gasteiger partial charge < -0.3 is 19.2 Å². The molecule has 9 heteroatoms. The standard InChI is InChI=1S/C18H16N4O4S/c1-11(27-18-22-21-17(26-18)12-4-6-19-7-5-12)16(23)20-13-2-3-14-15(10-13)25-9-8-24-14/h2-7,10-11H,8-9H2,1H3,(H,20,23)/t11-/m0/s1. The van der Waals surface area contributed by atoms with E-state index in [0.29, 0.717) is 41.5 Å². The monoisotopic (exact) mass is 384 g/mol. The lowest BCUT2D eigenvalue weighted by molar-refractivity contribution is -0.115. The summed E-state index contributed by atoms with van der Waals surface area (Å²) in [6.45, 7) is 2.79. The van der Waals surface area contributed by atoms with Crippen LogP contribution in [0.2, 0.25) is 0 Å². The Morgan fingerprint density at radius 2 is 1.89 bits per heavy atom. The predicted molar refractivity (Wildman–Crippen MR) is 98.9 cm³/mol. The lowest BCUT2D eigenvalue weighted by Crippen LogP contribution is -2.22. The second kappa shape index (κ2) is 7.67. The third-order valence-corrected chi connectivity index (χ3v) is 4.72. The van der Waals surface area contributed by atoms with Gasteiger partial charge in [0, 0.05) is 29.7 Å². The fourth-order valence-corrected chi connectivity index (χ4v) is 3.12. The number of hydrogen-bond donors (Lipinski definition) is 1. The molecule has 3 aromatic rings. The van der Waals surface area contributed by atoms with Crippen molar-refractivity contribution >= 4 is 23.4 Å². The van der Waals surface area contributed by atoms with E-state index in [4.69, 9.17) is 13.9 Å². The van der Waals surface area contributed by atoms with Crippen LogP contribution < -0.4 is 14.8 Å². The highest BCUT2D eigenvalue weighted by Crippen LogP contribution is 2.33. The summed E-state index contributed by atoms with van der Waals surface area (Å²) < 4.78 is 16.6. The van der Waals surface area contributed by atoms with Gasteiger partial charge in [0.2, 0.25) is 11.8 Å². The van der Waals surface area contributed by atoms with E-state index in [1.807, 2.05) is 0 Å². The number of thioether (sulfide) groups is 1. The van der Waals surface area contributed by atoms with Crippen LogP contribution in [-0.2, 0) is 4.79 Å². The lowest BCUT2D eigenvalue weighted by Gasteiger charge is -2.19. The number of nitrogens with zero attached hydrogens (tertiary/aromatic N) is 3. The second-order valence-corrected chi connectivity index (χ2v) is 7.01. The zero-order valence-electron chi connectivity index (χ0n) is 14.4. The Hall–Kier alpha value is -3.07. The minimum absolute atomic E-state index is 0.180. The van der Waals surface area contributed by atoms with Crippen molar-refractivity contribution in [1.29, 1.82) is 0 Å². The van der Waals surface area contributed by atoms with Crippen molar-refractivity contribution < 1.29 is 18.7 Å². The van der Waals surface area contributed by atoms with Gasteiger partial charge in [-0.2, -0.15) is 0 Å². The number of carbonyl (C=O) groups excluding carboxylic acids is 1. The summed E-state index contributed by atoms with van der Waals surface area (Å²) >= 11 is 1.19. The molecule has 0 bridgehead atoms. The number of nitrogens with one attached hydrogen (secondary N) is 1. The Kier molecular flexibility index (Phi) is 4.93. The molecule has 3 heterocycles. The zero-order valence-corrected chi connectivity index (χ0v) is 15.2. The highest BCUT2D eigenvalue weighted by atomic mass is 32.2. The number of anilines is 1. The topological polar surface area (TPSA) is 99.4 Å². The van der Waals surface area contributed by atoms with Crippen LogP contribution in [-0.4, -0.2) is 39.6 Å². The van der Waals surface area contributed by atoms with Gasteiger partial charge in [-0.25, -0.2) is 0 Å². The van der Waals surface area contributed by atoms with E-state index in [1.54, 1.807) is 49.6 Å². The van der Waals surface area contributed by atoms with Gasteiger partial charge >= 0.3 is 0 Å². The van der Waals surface area contributed by atoms with E-state index in [-0.39, 0.29) is 5.91 Å². The summed E-state index contributed by atoms with van der Waals surface area (Å²) in [5.41, 5.74) is 1.41. The first kappa shape index (κ1) is 17.3. The Labute approximate surface area is 159 Å². The van der Waals surface area contributed by atoms with E-state index in [0.717, 1.165) is 5.56 Å². The number of benzene rings is 1. The molecule has 2 aromatic heterocycles. The number of hydrogen-bond acceptors (Lipinski definition) is 8. The first-order valence-electron chi connectivity index (χ1n) is 8.30. The average molecular weight is 384 g/mol. The van der Waals surface area contributed by atoms with Crippen LogP contribution in [0, 0.1) is 0 Å². The maximum atomic E-state index is 12.5. The zero-order chi connectivity index (χ0) is 18.6. The SMILES string of the molecule is C[C@H](Sc1nnc(-c2ccncc2)o1)C(=O)Nc1ccc2c(c1)OCCO2. The highest BCUT2D eigenvalue weighted by Gasteiger charge is 2.20. The molecule has 1 atom stereocenters. The average Bonchev–Trinajstić information content (AvgIpc) is 3.17. The summed E-state index contributed by atoms with van der Waals surface area (Å²) in [4.78, 5) is 16.4. The molecule has 0 radical (unpaired) electrons. The van der Waals surface area contributed by atoms with E-state index >= 15 is 0 Å². The van der Waals surface area contributed by atoms with Gasteiger partial charge in [0.05, 0.1) is 5.25 Å². The largest absolute Gasteiger partial charge is 0.486 e. The van der Waals surface area contributed by atoms with Crippen LogP contribution >= 0.6 is 11.8 Å². The van der Waals surface area contributed by atoms with Crippen LogP contribution in [0.25, 0.3) is 11.5 Å². The third kappa shape index (κ3) is 4.03. The highest BCUT2D eigenvalue weighted by molar-refractivity contribution is 8.00. The van der Waals surface area contributed by atoms with Gasteiger partial charge in [0.15, 0.2) is 11.5 Å². The van der Waals surface area contributed by atoms with E-state index in [9.17, 15) is 4.79 Å². The molecule has 0 aliphatic carbocycles. The van der Waals surface area contributed by atoms with Crippen LogP contribution in [0.4, 0.5) is 5.69 Å². The van der Waals surface area contributed by atoms with Crippen molar-refractivity contribution in [2.75, 3.05) is 18.5 Å². The van der Waals surface area contributed by atoms with Gasteiger partial charge in [-0.3, -0.25) is 9.78 Å². The number of amides is 1. The van der Waals surface area contributed by atoms with Crippen molar-refractivity contribution in [2.24, 2.45) is 0 Å². The molecule has 4 rings (SSSR count). The number of pyridine rings is 1. The van der Waals surface area contributed by atoms with Gasteiger partial charge in [0.1, 0.15) is 13.2 Å². The molecule has 1 aliphatic heterocycles. The lowest BCUT2D eigenvalue weighted by atomic mass is 10.2. The van der Waals surface area contributed by atoms with Crippen LogP contribution in [0.1, 0.15) is 6.92 Å². The van der Waals surface area contributed by atoms with Gasteiger partial charge in [-0.1, -0.05) is 11.8 Å². The Balaban J connectivity index is 1.39. The maximum absolute atomic E-state index is 12.5.